The fraction of sp³-hybridized carbons (Fsp3) is 0.412. The predicted molar refractivity (Wildman–Crippen MR) is 75.9 cm³/mol. The molecular weight excluding hydrogens is 204 g/mol. The number of allylic oxidation sites excluding steroid dienone is 4. The van der Waals surface area contributed by atoms with E-state index in [4.69, 9.17) is 0 Å². The molecule has 2 rings (SSSR count). The molecule has 1 aromatic carbocycles. The average molecular weight is 226 g/mol. The van der Waals surface area contributed by atoms with Crippen LogP contribution in [-0.2, 0) is 0 Å². The zero-order valence-corrected chi connectivity index (χ0v) is 11.0. The van der Waals surface area contributed by atoms with Crippen LogP contribution in [0.3, 0.4) is 0 Å². The molecule has 1 aliphatic carbocycles. The average Bonchev–Trinajstić information content (AvgIpc) is 2.80. The van der Waals surface area contributed by atoms with E-state index in [0.717, 1.165) is 0 Å². The van der Waals surface area contributed by atoms with Crippen molar-refractivity contribution in [3.8, 4) is 0 Å². The first-order valence-corrected chi connectivity index (χ1v) is 6.83. The van der Waals surface area contributed by atoms with E-state index in [-0.39, 0.29) is 0 Å². The third-order valence-corrected chi connectivity index (χ3v) is 3.57. The topological polar surface area (TPSA) is 0 Å². The lowest BCUT2D eigenvalue weighted by atomic mass is 9.95. The lowest BCUT2D eigenvalue weighted by molar-refractivity contribution is 0.772. The smallest absolute Gasteiger partial charge is 0.0123 e. The Morgan fingerprint density at radius 1 is 1.06 bits per heavy atom. The fourth-order valence-electron chi connectivity index (χ4n) is 2.66. The third kappa shape index (κ3) is 2.69. The summed E-state index contributed by atoms with van der Waals surface area (Å²) in [6.45, 7) is 4.55. The van der Waals surface area contributed by atoms with E-state index in [1.165, 1.54) is 43.2 Å². The van der Waals surface area contributed by atoms with Gasteiger partial charge in [0.1, 0.15) is 0 Å². The number of hydrogen-bond acceptors (Lipinski definition) is 0. The van der Waals surface area contributed by atoms with Crippen LogP contribution in [0.5, 0.6) is 0 Å². The highest BCUT2D eigenvalue weighted by Gasteiger charge is 2.16. The largest absolute Gasteiger partial charge is 0.0723 e. The van der Waals surface area contributed by atoms with Crippen LogP contribution in [0.4, 0.5) is 0 Å². The molecule has 90 valence electrons. The molecule has 0 N–H and O–H groups in total. The summed E-state index contributed by atoms with van der Waals surface area (Å²) in [6, 6.07) is 10.8. The maximum absolute atomic E-state index is 2.42. The molecule has 0 spiro atoms. The standard InChI is InChI=1S/C17H22/c1-3-5-9-15-12-13-17(16(15)4-2)14-10-7-6-8-11-14/h6-8,10-11,13H,3-5,9,12H2,1-2H3. The first-order chi connectivity index (χ1) is 8.36. The minimum atomic E-state index is 1.17. The van der Waals surface area contributed by atoms with E-state index in [9.17, 15) is 0 Å². The summed E-state index contributed by atoms with van der Waals surface area (Å²) < 4.78 is 0. The van der Waals surface area contributed by atoms with Crippen molar-refractivity contribution in [2.24, 2.45) is 0 Å². The van der Waals surface area contributed by atoms with Crippen molar-refractivity contribution in [3.63, 3.8) is 0 Å². The quantitative estimate of drug-likeness (QED) is 0.633. The fourth-order valence-corrected chi connectivity index (χ4v) is 2.66. The first-order valence-electron chi connectivity index (χ1n) is 6.83. The van der Waals surface area contributed by atoms with Gasteiger partial charge < -0.3 is 0 Å². The highest BCUT2D eigenvalue weighted by atomic mass is 14.2. The lowest BCUT2D eigenvalue weighted by Gasteiger charge is -2.10. The molecule has 0 saturated heterocycles. The van der Waals surface area contributed by atoms with Gasteiger partial charge in [-0.25, -0.2) is 0 Å². The Hall–Kier alpha value is -1.30. The van der Waals surface area contributed by atoms with Gasteiger partial charge in [0.15, 0.2) is 0 Å². The summed E-state index contributed by atoms with van der Waals surface area (Å²) in [5.74, 6) is 0. The number of benzene rings is 1. The Morgan fingerprint density at radius 2 is 1.82 bits per heavy atom. The Morgan fingerprint density at radius 3 is 2.47 bits per heavy atom. The van der Waals surface area contributed by atoms with Crippen molar-refractivity contribution >= 4 is 5.57 Å². The van der Waals surface area contributed by atoms with Crippen LogP contribution in [0.1, 0.15) is 51.5 Å². The van der Waals surface area contributed by atoms with E-state index in [1.807, 2.05) is 0 Å². The van der Waals surface area contributed by atoms with Crippen LogP contribution >= 0.6 is 0 Å². The van der Waals surface area contributed by atoms with Crippen molar-refractivity contribution in [1.82, 2.24) is 0 Å². The summed E-state index contributed by atoms with van der Waals surface area (Å²) in [7, 11) is 0. The van der Waals surface area contributed by atoms with Crippen LogP contribution in [0.2, 0.25) is 0 Å². The van der Waals surface area contributed by atoms with Crippen molar-refractivity contribution in [3.05, 3.63) is 53.1 Å². The van der Waals surface area contributed by atoms with E-state index in [1.54, 1.807) is 11.1 Å². The van der Waals surface area contributed by atoms with Crippen molar-refractivity contribution in [2.45, 2.75) is 46.0 Å². The number of unbranched alkanes of at least 4 members (excludes halogenated alkanes) is 1. The number of hydrogen-bond donors (Lipinski definition) is 0. The highest BCUT2D eigenvalue weighted by Crippen LogP contribution is 2.37. The second-order valence-corrected chi connectivity index (χ2v) is 4.73. The summed E-state index contributed by atoms with van der Waals surface area (Å²) >= 11 is 0. The second-order valence-electron chi connectivity index (χ2n) is 4.73. The molecule has 0 amide bonds. The summed E-state index contributed by atoms with van der Waals surface area (Å²) in [5.41, 5.74) is 6.15. The van der Waals surface area contributed by atoms with Crippen LogP contribution < -0.4 is 0 Å². The zero-order valence-electron chi connectivity index (χ0n) is 11.0. The Balaban J connectivity index is 2.22. The van der Waals surface area contributed by atoms with Crippen LogP contribution in [0.25, 0.3) is 5.57 Å². The molecule has 1 aromatic rings. The van der Waals surface area contributed by atoms with E-state index >= 15 is 0 Å². The molecule has 0 bridgehead atoms. The molecule has 0 aromatic heterocycles. The van der Waals surface area contributed by atoms with Gasteiger partial charge in [-0.2, -0.15) is 0 Å². The maximum atomic E-state index is 2.42. The van der Waals surface area contributed by atoms with Crippen LogP contribution in [0.15, 0.2) is 47.6 Å². The molecule has 0 heteroatoms. The Bertz CT molecular complexity index is 421. The molecule has 0 aliphatic heterocycles. The molecule has 0 atom stereocenters. The predicted octanol–water partition coefficient (Wildman–Crippen LogP) is 5.37. The monoisotopic (exact) mass is 226 g/mol. The molecule has 0 heterocycles. The zero-order chi connectivity index (χ0) is 12.1. The van der Waals surface area contributed by atoms with Gasteiger partial charge in [-0.3, -0.25) is 0 Å². The molecule has 17 heavy (non-hydrogen) atoms. The molecule has 0 nitrogen and oxygen atoms in total. The maximum Gasteiger partial charge on any atom is -0.0123 e. The van der Waals surface area contributed by atoms with Gasteiger partial charge in [-0.05, 0) is 42.4 Å². The molecule has 0 unspecified atom stereocenters. The van der Waals surface area contributed by atoms with Gasteiger partial charge in [0.05, 0.1) is 0 Å². The first kappa shape index (κ1) is 12.2. The molecule has 0 fully saturated rings. The summed E-state index contributed by atoms with van der Waals surface area (Å²) in [5, 5.41) is 0. The Kier molecular flexibility index (Phi) is 4.19. The normalized spacial score (nSPS) is 15.3. The number of rotatable bonds is 5. The van der Waals surface area contributed by atoms with Gasteiger partial charge in [0.2, 0.25) is 0 Å². The summed E-state index contributed by atoms with van der Waals surface area (Å²) in [6.07, 6.45) is 8.66. The molecular formula is C17H22. The van der Waals surface area contributed by atoms with Crippen molar-refractivity contribution in [1.29, 1.82) is 0 Å². The highest BCUT2D eigenvalue weighted by molar-refractivity contribution is 5.82. The molecule has 1 aliphatic rings. The van der Waals surface area contributed by atoms with E-state index in [0.29, 0.717) is 0 Å². The molecule has 0 radical (unpaired) electrons. The third-order valence-electron chi connectivity index (χ3n) is 3.57. The minimum absolute atomic E-state index is 1.17. The van der Waals surface area contributed by atoms with Crippen LogP contribution in [0, 0.1) is 0 Å². The van der Waals surface area contributed by atoms with Gasteiger partial charge in [-0.1, -0.05) is 62.2 Å². The van der Waals surface area contributed by atoms with Crippen LogP contribution in [-0.4, -0.2) is 0 Å². The Labute approximate surface area is 105 Å². The van der Waals surface area contributed by atoms with Gasteiger partial charge in [0, 0.05) is 0 Å². The molecule has 0 saturated carbocycles. The van der Waals surface area contributed by atoms with Gasteiger partial charge in [-0.15, -0.1) is 0 Å². The van der Waals surface area contributed by atoms with E-state index < -0.39 is 0 Å². The van der Waals surface area contributed by atoms with Gasteiger partial charge in [0.25, 0.3) is 0 Å². The van der Waals surface area contributed by atoms with E-state index in [2.05, 4.69) is 50.3 Å². The summed E-state index contributed by atoms with van der Waals surface area (Å²) in [4.78, 5) is 0. The second kappa shape index (κ2) is 5.86. The van der Waals surface area contributed by atoms with Crippen molar-refractivity contribution < 1.29 is 0 Å². The minimum Gasteiger partial charge on any atom is -0.0723 e. The van der Waals surface area contributed by atoms with Gasteiger partial charge >= 0.3 is 0 Å². The SMILES string of the molecule is CCCCC1=C(CC)C(c2ccccc2)=CC1. The lowest BCUT2D eigenvalue weighted by Crippen LogP contribution is -1.89. The van der Waals surface area contributed by atoms with Crippen molar-refractivity contribution in [2.75, 3.05) is 0 Å².